The average Bonchev–Trinajstić information content (AvgIpc) is 2.04. The summed E-state index contributed by atoms with van der Waals surface area (Å²) < 4.78 is 0. The maximum atomic E-state index is 6.03. The predicted octanol–water partition coefficient (Wildman–Crippen LogP) is 3.47. The maximum absolute atomic E-state index is 6.03. The maximum Gasteiger partial charge on any atom is 0.0123 e. The first-order chi connectivity index (χ1) is 5.62. The molecule has 2 N–H and O–H groups in total. The van der Waals surface area contributed by atoms with Crippen LogP contribution in [0.2, 0.25) is 0 Å². The Morgan fingerprint density at radius 2 is 1.58 bits per heavy atom. The molecule has 0 unspecified atom stereocenters. The fourth-order valence-electron chi connectivity index (χ4n) is 1.31. The molecule has 0 saturated heterocycles. The van der Waals surface area contributed by atoms with Gasteiger partial charge in [0.2, 0.25) is 0 Å². The smallest absolute Gasteiger partial charge is 0.0123 e. The van der Waals surface area contributed by atoms with Crippen LogP contribution < -0.4 is 5.73 Å². The molecule has 0 aromatic rings. The number of rotatable bonds is 7. The summed E-state index contributed by atoms with van der Waals surface area (Å²) in [7, 11) is 0. The molecule has 0 aromatic heterocycles. The first kappa shape index (κ1) is 12.0. The van der Waals surface area contributed by atoms with Crippen molar-refractivity contribution in [2.75, 3.05) is 0 Å². The summed E-state index contributed by atoms with van der Waals surface area (Å²) in [5.74, 6) is 0. The standard InChI is InChI=1S/C11H25N/c1-4-6-7-8-9-10-11(3,12)5-2/h4-10,12H2,1-3H3/t11-/m1/s1. The van der Waals surface area contributed by atoms with Crippen molar-refractivity contribution >= 4 is 0 Å². The molecule has 1 atom stereocenters. The number of hydrogen-bond donors (Lipinski definition) is 1. The average molecular weight is 171 g/mol. The Kier molecular flexibility index (Phi) is 6.45. The van der Waals surface area contributed by atoms with Crippen LogP contribution in [0.1, 0.15) is 65.7 Å². The van der Waals surface area contributed by atoms with Gasteiger partial charge < -0.3 is 5.73 Å². The van der Waals surface area contributed by atoms with Crippen LogP contribution in [0.15, 0.2) is 0 Å². The zero-order chi connectivity index (χ0) is 9.45. The van der Waals surface area contributed by atoms with Gasteiger partial charge in [-0.2, -0.15) is 0 Å². The van der Waals surface area contributed by atoms with Crippen LogP contribution in [-0.4, -0.2) is 5.54 Å². The van der Waals surface area contributed by atoms with Crippen LogP contribution in [0.5, 0.6) is 0 Å². The summed E-state index contributed by atoms with van der Waals surface area (Å²) in [4.78, 5) is 0. The second kappa shape index (κ2) is 6.47. The summed E-state index contributed by atoms with van der Waals surface area (Å²) in [6.07, 6.45) is 9.05. The van der Waals surface area contributed by atoms with Crippen molar-refractivity contribution in [2.24, 2.45) is 5.73 Å². The number of nitrogens with two attached hydrogens (primary N) is 1. The van der Waals surface area contributed by atoms with Crippen molar-refractivity contribution in [3.8, 4) is 0 Å². The second-order valence-corrected chi connectivity index (χ2v) is 4.17. The fraction of sp³-hybridized carbons (Fsp3) is 1.00. The Morgan fingerprint density at radius 3 is 2.08 bits per heavy atom. The third kappa shape index (κ3) is 6.66. The molecule has 0 aliphatic rings. The topological polar surface area (TPSA) is 26.0 Å². The molecule has 0 saturated carbocycles. The minimum Gasteiger partial charge on any atom is -0.325 e. The first-order valence-electron chi connectivity index (χ1n) is 5.41. The van der Waals surface area contributed by atoms with Crippen molar-refractivity contribution < 1.29 is 0 Å². The molecule has 0 radical (unpaired) electrons. The van der Waals surface area contributed by atoms with Crippen molar-refractivity contribution in [1.82, 2.24) is 0 Å². The van der Waals surface area contributed by atoms with Crippen LogP contribution in [0.4, 0.5) is 0 Å². The van der Waals surface area contributed by atoms with Crippen molar-refractivity contribution in [3.63, 3.8) is 0 Å². The van der Waals surface area contributed by atoms with Gasteiger partial charge in [-0.15, -0.1) is 0 Å². The minimum absolute atomic E-state index is 0.0895. The zero-order valence-electron chi connectivity index (χ0n) is 9.03. The van der Waals surface area contributed by atoms with E-state index in [0.29, 0.717) is 0 Å². The third-order valence-electron chi connectivity index (χ3n) is 2.66. The molecule has 0 amide bonds. The van der Waals surface area contributed by atoms with Crippen LogP contribution in [0.3, 0.4) is 0 Å². The van der Waals surface area contributed by atoms with Gasteiger partial charge in [0.25, 0.3) is 0 Å². The van der Waals surface area contributed by atoms with E-state index in [1.54, 1.807) is 0 Å². The second-order valence-electron chi connectivity index (χ2n) is 4.17. The summed E-state index contributed by atoms with van der Waals surface area (Å²) in [5.41, 5.74) is 6.12. The van der Waals surface area contributed by atoms with Crippen molar-refractivity contribution in [3.05, 3.63) is 0 Å². The van der Waals surface area contributed by atoms with Gasteiger partial charge in [-0.3, -0.25) is 0 Å². The van der Waals surface area contributed by atoms with E-state index in [1.165, 1.54) is 38.5 Å². The van der Waals surface area contributed by atoms with E-state index in [9.17, 15) is 0 Å². The summed E-state index contributed by atoms with van der Waals surface area (Å²) >= 11 is 0. The van der Waals surface area contributed by atoms with Gasteiger partial charge in [-0.1, -0.05) is 46.0 Å². The van der Waals surface area contributed by atoms with Gasteiger partial charge in [0, 0.05) is 5.54 Å². The van der Waals surface area contributed by atoms with E-state index in [4.69, 9.17) is 5.73 Å². The number of hydrogen-bond acceptors (Lipinski definition) is 1. The normalized spacial score (nSPS) is 16.0. The molecule has 12 heavy (non-hydrogen) atoms. The van der Waals surface area contributed by atoms with Gasteiger partial charge in [0.05, 0.1) is 0 Å². The largest absolute Gasteiger partial charge is 0.325 e. The summed E-state index contributed by atoms with van der Waals surface area (Å²) in [6.45, 7) is 6.58. The Balaban J connectivity index is 3.19. The highest BCUT2D eigenvalue weighted by atomic mass is 14.7. The van der Waals surface area contributed by atoms with E-state index in [-0.39, 0.29) is 5.54 Å². The van der Waals surface area contributed by atoms with Gasteiger partial charge in [-0.25, -0.2) is 0 Å². The van der Waals surface area contributed by atoms with E-state index in [0.717, 1.165) is 6.42 Å². The molecule has 0 rings (SSSR count). The van der Waals surface area contributed by atoms with Crippen LogP contribution in [0.25, 0.3) is 0 Å². The molecule has 0 bridgehead atoms. The van der Waals surface area contributed by atoms with E-state index in [2.05, 4.69) is 20.8 Å². The van der Waals surface area contributed by atoms with Crippen LogP contribution in [0, 0.1) is 0 Å². The minimum atomic E-state index is 0.0895. The van der Waals surface area contributed by atoms with Crippen molar-refractivity contribution in [1.29, 1.82) is 0 Å². The molecule has 74 valence electrons. The lowest BCUT2D eigenvalue weighted by molar-refractivity contribution is 0.395. The molecule has 0 aliphatic heterocycles. The SMILES string of the molecule is CCCCCCC[C@](C)(N)CC. The zero-order valence-corrected chi connectivity index (χ0v) is 9.03. The molecular formula is C11H25N. The molecule has 0 aliphatic carbocycles. The van der Waals surface area contributed by atoms with E-state index in [1.807, 2.05) is 0 Å². The number of unbranched alkanes of at least 4 members (excludes halogenated alkanes) is 4. The lowest BCUT2D eigenvalue weighted by Crippen LogP contribution is -2.34. The molecule has 0 heterocycles. The molecule has 0 spiro atoms. The molecule has 1 heteroatoms. The Bertz CT molecular complexity index is 97.2. The Morgan fingerprint density at radius 1 is 1.00 bits per heavy atom. The fourth-order valence-corrected chi connectivity index (χ4v) is 1.31. The first-order valence-corrected chi connectivity index (χ1v) is 5.41. The van der Waals surface area contributed by atoms with Crippen LogP contribution >= 0.6 is 0 Å². The molecular weight excluding hydrogens is 146 g/mol. The molecule has 0 aromatic carbocycles. The van der Waals surface area contributed by atoms with Crippen LogP contribution in [-0.2, 0) is 0 Å². The van der Waals surface area contributed by atoms with Gasteiger partial charge in [0.15, 0.2) is 0 Å². The quantitative estimate of drug-likeness (QED) is 0.583. The molecule has 1 nitrogen and oxygen atoms in total. The van der Waals surface area contributed by atoms with E-state index >= 15 is 0 Å². The highest BCUT2D eigenvalue weighted by Gasteiger charge is 2.13. The van der Waals surface area contributed by atoms with Gasteiger partial charge >= 0.3 is 0 Å². The monoisotopic (exact) mass is 171 g/mol. The lowest BCUT2D eigenvalue weighted by Gasteiger charge is -2.22. The van der Waals surface area contributed by atoms with Gasteiger partial charge in [0.1, 0.15) is 0 Å². The van der Waals surface area contributed by atoms with Crippen molar-refractivity contribution in [2.45, 2.75) is 71.3 Å². The van der Waals surface area contributed by atoms with Gasteiger partial charge in [-0.05, 0) is 19.8 Å². The third-order valence-corrected chi connectivity index (χ3v) is 2.66. The van der Waals surface area contributed by atoms with E-state index < -0.39 is 0 Å². The Hall–Kier alpha value is -0.0400. The predicted molar refractivity (Wildman–Crippen MR) is 56.3 cm³/mol. The highest BCUT2D eigenvalue weighted by molar-refractivity contribution is 4.75. The Labute approximate surface area is 77.7 Å². The highest BCUT2D eigenvalue weighted by Crippen LogP contribution is 2.15. The summed E-state index contributed by atoms with van der Waals surface area (Å²) in [5, 5.41) is 0. The molecule has 0 fully saturated rings. The lowest BCUT2D eigenvalue weighted by atomic mass is 9.93. The summed E-state index contributed by atoms with van der Waals surface area (Å²) in [6, 6.07) is 0.